The van der Waals surface area contributed by atoms with Crippen molar-refractivity contribution in [2.75, 3.05) is 0 Å². The first-order valence-corrected chi connectivity index (χ1v) is 6.65. The van der Waals surface area contributed by atoms with Crippen molar-refractivity contribution in [3.8, 4) is 0 Å². The highest BCUT2D eigenvalue weighted by Gasteiger charge is 2.10. The van der Waals surface area contributed by atoms with Crippen LogP contribution in [0.4, 0.5) is 5.69 Å². The Balaban J connectivity index is 1.95. The first kappa shape index (κ1) is 15.9. The van der Waals surface area contributed by atoms with Crippen LogP contribution in [-0.2, 0) is 11.3 Å². The van der Waals surface area contributed by atoms with E-state index >= 15 is 0 Å². The SMILES string of the molecule is O=C(Cn1cc([N+](=O)[O-])cn1)NN=Cc1c(Cl)cccc1Cl. The molecule has 0 saturated heterocycles. The molecular weight excluding hydrogens is 333 g/mol. The molecule has 1 amide bonds. The number of hydrazone groups is 1. The molecule has 0 unspecified atom stereocenters. The van der Waals surface area contributed by atoms with E-state index in [0.29, 0.717) is 15.6 Å². The quantitative estimate of drug-likeness (QED) is 0.511. The molecule has 1 aromatic heterocycles. The number of halogens is 2. The predicted octanol–water partition coefficient (Wildman–Crippen LogP) is 2.25. The molecule has 2 aromatic rings. The maximum atomic E-state index is 11.6. The van der Waals surface area contributed by atoms with Crippen LogP contribution in [0.2, 0.25) is 10.0 Å². The van der Waals surface area contributed by atoms with E-state index in [4.69, 9.17) is 23.2 Å². The second-order valence-electron chi connectivity index (χ2n) is 4.08. The van der Waals surface area contributed by atoms with Gasteiger partial charge in [-0.25, -0.2) is 5.43 Å². The Morgan fingerprint density at radius 3 is 2.73 bits per heavy atom. The topological polar surface area (TPSA) is 102 Å². The van der Waals surface area contributed by atoms with Crippen molar-refractivity contribution in [3.05, 3.63) is 56.3 Å². The number of aromatic nitrogens is 2. The maximum absolute atomic E-state index is 11.6. The van der Waals surface area contributed by atoms with Gasteiger partial charge in [-0.15, -0.1) is 0 Å². The minimum atomic E-state index is -0.598. The van der Waals surface area contributed by atoms with Gasteiger partial charge in [0.2, 0.25) is 0 Å². The van der Waals surface area contributed by atoms with E-state index in [9.17, 15) is 14.9 Å². The Bertz CT molecular complexity index is 724. The first-order chi connectivity index (χ1) is 10.5. The van der Waals surface area contributed by atoms with E-state index < -0.39 is 10.8 Å². The van der Waals surface area contributed by atoms with Crippen LogP contribution in [0, 0.1) is 10.1 Å². The number of carbonyl (C=O) groups excluding carboxylic acids is 1. The Morgan fingerprint density at radius 1 is 1.45 bits per heavy atom. The fourth-order valence-corrected chi connectivity index (χ4v) is 2.01. The summed E-state index contributed by atoms with van der Waals surface area (Å²) in [4.78, 5) is 21.5. The first-order valence-electron chi connectivity index (χ1n) is 5.90. The Hall–Kier alpha value is -2.45. The lowest BCUT2D eigenvalue weighted by molar-refractivity contribution is -0.385. The molecule has 1 heterocycles. The molecule has 0 fully saturated rings. The summed E-state index contributed by atoms with van der Waals surface area (Å²) in [7, 11) is 0. The minimum absolute atomic E-state index is 0.195. The second kappa shape index (κ2) is 7.01. The van der Waals surface area contributed by atoms with Gasteiger partial charge in [-0.2, -0.15) is 10.2 Å². The summed E-state index contributed by atoms with van der Waals surface area (Å²) in [6, 6.07) is 4.96. The number of hydrogen-bond donors (Lipinski definition) is 1. The molecule has 1 N–H and O–H groups in total. The van der Waals surface area contributed by atoms with Gasteiger partial charge < -0.3 is 0 Å². The van der Waals surface area contributed by atoms with Gasteiger partial charge >= 0.3 is 5.69 Å². The molecular formula is C12H9Cl2N5O3. The molecule has 0 aliphatic carbocycles. The Morgan fingerprint density at radius 2 is 2.14 bits per heavy atom. The largest absolute Gasteiger partial charge is 0.307 e. The van der Waals surface area contributed by atoms with Crippen molar-refractivity contribution in [1.29, 1.82) is 0 Å². The van der Waals surface area contributed by atoms with E-state index in [0.717, 1.165) is 17.1 Å². The number of hydrogen-bond acceptors (Lipinski definition) is 5. The highest BCUT2D eigenvalue weighted by atomic mass is 35.5. The van der Waals surface area contributed by atoms with Crippen molar-refractivity contribution in [1.82, 2.24) is 15.2 Å². The molecule has 0 bridgehead atoms. The molecule has 0 aliphatic heterocycles. The smallest absolute Gasteiger partial charge is 0.271 e. The van der Waals surface area contributed by atoms with Gasteiger partial charge in [0.15, 0.2) is 0 Å². The van der Waals surface area contributed by atoms with Crippen molar-refractivity contribution in [3.63, 3.8) is 0 Å². The molecule has 0 aliphatic rings. The summed E-state index contributed by atoms with van der Waals surface area (Å²) in [5.74, 6) is -0.502. The zero-order valence-electron chi connectivity index (χ0n) is 10.9. The van der Waals surface area contributed by atoms with E-state index in [1.54, 1.807) is 18.2 Å². The highest BCUT2D eigenvalue weighted by Crippen LogP contribution is 2.21. The number of rotatable bonds is 5. The van der Waals surface area contributed by atoms with Crippen molar-refractivity contribution >= 4 is 41.0 Å². The molecule has 0 saturated carbocycles. The fourth-order valence-electron chi connectivity index (χ4n) is 1.52. The lowest BCUT2D eigenvalue weighted by Crippen LogP contribution is -2.23. The van der Waals surface area contributed by atoms with Crippen molar-refractivity contribution in [2.24, 2.45) is 5.10 Å². The van der Waals surface area contributed by atoms with Gasteiger partial charge in [0.1, 0.15) is 18.9 Å². The van der Waals surface area contributed by atoms with Crippen LogP contribution in [0.5, 0.6) is 0 Å². The van der Waals surface area contributed by atoms with Gasteiger partial charge in [0.05, 0.1) is 21.2 Å². The zero-order valence-corrected chi connectivity index (χ0v) is 12.5. The average Bonchev–Trinajstić information content (AvgIpc) is 2.91. The Kier molecular flexibility index (Phi) is 5.08. The fraction of sp³-hybridized carbons (Fsp3) is 0.0833. The molecule has 1 aromatic carbocycles. The lowest BCUT2D eigenvalue weighted by atomic mass is 10.2. The summed E-state index contributed by atoms with van der Waals surface area (Å²) in [5, 5.41) is 18.7. The number of carbonyl (C=O) groups is 1. The van der Waals surface area contributed by atoms with E-state index in [1.807, 2.05) is 0 Å². The van der Waals surface area contributed by atoms with Crippen LogP contribution >= 0.6 is 23.2 Å². The van der Waals surface area contributed by atoms with E-state index in [2.05, 4.69) is 15.6 Å². The van der Waals surface area contributed by atoms with Gasteiger partial charge in [-0.05, 0) is 12.1 Å². The molecule has 2 rings (SSSR count). The van der Waals surface area contributed by atoms with Crippen molar-refractivity contribution in [2.45, 2.75) is 6.54 Å². The summed E-state index contributed by atoms with van der Waals surface area (Å²) < 4.78 is 1.13. The van der Waals surface area contributed by atoms with Gasteiger partial charge in [0.25, 0.3) is 5.91 Å². The highest BCUT2D eigenvalue weighted by molar-refractivity contribution is 6.38. The normalized spacial score (nSPS) is 10.8. The van der Waals surface area contributed by atoms with Crippen LogP contribution in [-0.4, -0.2) is 26.8 Å². The molecule has 0 atom stereocenters. The van der Waals surface area contributed by atoms with Crippen LogP contribution in [0.1, 0.15) is 5.56 Å². The number of amides is 1. The summed E-state index contributed by atoms with van der Waals surface area (Å²) in [6.07, 6.45) is 3.52. The molecule has 114 valence electrons. The molecule has 8 nitrogen and oxygen atoms in total. The number of nitro groups is 1. The van der Waals surface area contributed by atoms with Gasteiger partial charge in [-0.1, -0.05) is 29.3 Å². The van der Waals surface area contributed by atoms with Crippen molar-refractivity contribution < 1.29 is 9.72 Å². The van der Waals surface area contributed by atoms with Crippen LogP contribution in [0.3, 0.4) is 0 Å². The minimum Gasteiger partial charge on any atom is -0.271 e. The van der Waals surface area contributed by atoms with Gasteiger partial charge in [0, 0.05) is 5.56 Å². The summed E-state index contributed by atoms with van der Waals surface area (Å²) in [6.45, 7) is -0.207. The summed E-state index contributed by atoms with van der Waals surface area (Å²) in [5.41, 5.74) is 2.53. The lowest BCUT2D eigenvalue weighted by Gasteiger charge is -2.01. The van der Waals surface area contributed by atoms with Crippen LogP contribution < -0.4 is 5.43 Å². The van der Waals surface area contributed by atoms with Crippen LogP contribution in [0.15, 0.2) is 35.7 Å². The van der Waals surface area contributed by atoms with E-state index in [-0.39, 0.29) is 12.2 Å². The third-order valence-electron chi connectivity index (χ3n) is 2.52. The molecule has 0 spiro atoms. The van der Waals surface area contributed by atoms with E-state index in [1.165, 1.54) is 6.21 Å². The molecule has 0 radical (unpaired) electrons. The Labute approximate surface area is 134 Å². The number of nitrogens with one attached hydrogen (secondary N) is 1. The van der Waals surface area contributed by atoms with Gasteiger partial charge in [-0.3, -0.25) is 19.6 Å². The third-order valence-corrected chi connectivity index (χ3v) is 3.18. The third kappa shape index (κ3) is 4.03. The molecule has 10 heteroatoms. The monoisotopic (exact) mass is 341 g/mol. The second-order valence-corrected chi connectivity index (χ2v) is 4.90. The number of nitrogens with zero attached hydrogens (tertiary/aromatic N) is 4. The predicted molar refractivity (Wildman–Crippen MR) is 81.1 cm³/mol. The maximum Gasteiger partial charge on any atom is 0.307 e. The molecule has 22 heavy (non-hydrogen) atoms. The zero-order chi connectivity index (χ0) is 16.1. The van der Waals surface area contributed by atoms with Crippen LogP contribution in [0.25, 0.3) is 0 Å². The average molecular weight is 342 g/mol. The summed E-state index contributed by atoms with van der Waals surface area (Å²) >= 11 is 11.9. The standard InChI is InChI=1S/C12H9Cl2N5O3/c13-10-2-1-3-11(14)9(10)5-15-17-12(20)7-18-6-8(4-16-18)19(21)22/h1-6H,7H2,(H,17,20). The number of benzene rings is 1.